The molecule has 76 valence electrons. The van der Waals surface area contributed by atoms with Gasteiger partial charge in [0.05, 0.1) is 6.04 Å². The summed E-state index contributed by atoms with van der Waals surface area (Å²) in [4.78, 5) is 2.36. The Morgan fingerprint density at radius 3 is 2.92 bits per heavy atom. The molecule has 1 saturated heterocycles. The van der Waals surface area contributed by atoms with Gasteiger partial charge < -0.3 is 0 Å². The van der Waals surface area contributed by atoms with Crippen molar-refractivity contribution in [3.8, 4) is 0 Å². The minimum absolute atomic E-state index is 0.220. The van der Waals surface area contributed by atoms with Gasteiger partial charge in [-0.3, -0.25) is 16.2 Å². The van der Waals surface area contributed by atoms with Crippen LogP contribution in [0.3, 0.4) is 0 Å². The lowest BCUT2D eigenvalue weighted by Gasteiger charge is -2.37. The summed E-state index contributed by atoms with van der Waals surface area (Å²) in [5, 5.41) is 0. The number of likely N-dealkylation sites (N-methyl/N-ethyl adjacent to an activating group) is 1. The molecular formula is C9H19N3S. The number of hydrazine groups is 1. The van der Waals surface area contributed by atoms with E-state index in [0.717, 1.165) is 17.9 Å². The van der Waals surface area contributed by atoms with E-state index < -0.39 is 0 Å². The molecule has 1 rings (SSSR count). The Morgan fingerprint density at radius 1 is 1.77 bits per heavy atom. The number of rotatable bonds is 3. The van der Waals surface area contributed by atoms with Gasteiger partial charge in [0.25, 0.3) is 0 Å². The van der Waals surface area contributed by atoms with Gasteiger partial charge in [-0.15, -0.1) is 0 Å². The SMILES string of the molecule is C=C(C)C(NN)C1CSCCN1C. The molecule has 4 heteroatoms. The molecule has 0 spiro atoms. The second-order valence-electron chi connectivity index (χ2n) is 3.61. The first-order chi connectivity index (χ1) is 6.16. The van der Waals surface area contributed by atoms with Crippen molar-refractivity contribution in [3.63, 3.8) is 0 Å². The van der Waals surface area contributed by atoms with E-state index in [1.54, 1.807) is 0 Å². The zero-order valence-corrected chi connectivity index (χ0v) is 9.23. The first kappa shape index (κ1) is 11.0. The molecule has 0 aromatic carbocycles. The standard InChI is InChI=1S/C9H19N3S/c1-7(2)9(11-10)8-6-13-5-4-12(8)3/h8-9,11H,1,4-6,10H2,2-3H3. The monoisotopic (exact) mass is 201 g/mol. The first-order valence-electron chi connectivity index (χ1n) is 4.56. The Kier molecular flexibility index (Phi) is 4.25. The Morgan fingerprint density at radius 2 is 2.46 bits per heavy atom. The predicted molar refractivity (Wildman–Crippen MR) is 59.7 cm³/mol. The second kappa shape index (κ2) is 5.00. The molecule has 2 atom stereocenters. The summed E-state index contributed by atoms with van der Waals surface area (Å²) in [6, 6.07) is 0.707. The molecule has 0 aliphatic carbocycles. The Balaban J connectivity index is 2.60. The van der Waals surface area contributed by atoms with Gasteiger partial charge in [0.2, 0.25) is 0 Å². The van der Waals surface area contributed by atoms with Crippen molar-refractivity contribution < 1.29 is 0 Å². The number of hydrogen-bond acceptors (Lipinski definition) is 4. The lowest BCUT2D eigenvalue weighted by Crippen LogP contribution is -2.55. The van der Waals surface area contributed by atoms with E-state index >= 15 is 0 Å². The zero-order valence-electron chi connectivity index (χ0n) is 8.42. The minimum atomic E-state index is 0.220. The molecule has 3 nitrogen and oxygen atoms in total. The third kappa shape index (κ3) is 2.71. The van der Waals surface area contributed by atoms with Crippen LogP contribution >= 0.6 is 11.8 Å². The van der Waals surface area contributed by atoms with Crippen molar-refractivity contribution >= 4 is 11.8 Å². The third-order valence-electron chi connectivity index (χ3n) is 2.54. The van der Waals surface area contributed by atoms with E-state index in [1.807, 2.05) is 18.7 Å². The normalized spacial score (nSPS) is 27.2. The maximum Gasteiger partial charge on any atom is 0.0578 e. The molecule has 1 aliphatic heterocycles. The lowest BCUT2D eigenvalue weighted by atomic mass is 10.0. The van der Waals surface area contributed by atoms with Crippen LogP contribution in [0.2, 0.25) is 0 Å². The highest BCUT2D eigenvalue weighted by Crippen LogP contribution is 2.19. The number of nitrogens with two attached hydrogens (primary N) is 1. The summed E-state index contributed by atoms with van der Waals surface area (Å²) in [7, 11) is 2.15. The minimum Gasteiger partial charge on any atom is -0.300 e. The molecule has 0 amide bonds. The maximum atomic E-state index is 5.52. The number of nitrogens with one attached hydrogen (secondary N) is 1. The molecule has 1 aliphatic rings. The smallest absolute Gasteiger partial charge is 0.0578 e. The van der Waals surface area contributed by atoms with Gasteiger partial charge in [-0.1, -0.05) is 12.2 Å². The molecule has 3 N–H and O–H groups in total. The van der Waals surface area contributed by atoms with Crippen LogP contribution in [0.1, 0.15) is 6.92 Å². The van der Waals surface area contributed by atoms with Crippen LogP contribution in [0.25, 0.3) is 0 Å². The number of thioether (sulfide) groups is 1. The molecule has 13 heavy (non-hydrogen) atoms. The largest absolute Gasteiger partial charge is 0.300 e. The average molecular weight is 201 g/mol. The van der Waals surface area contributed by atoms with E-state index in [1.165, 1.54) is 5.75 Å². The summed E-state index contributed by atoms with van der Waals surface area (Å²) in [6.07, 6.45) is 0. The molecule has 0 radical (unpaired) electrons. The number of hydrogen-bond donors (Lipinski definition) is 2. The van der Waals surface area contributed by atoms with Crippen molar-refractivity contribution in [1.29, 1.82) is 0 Å². The van der Waals surface area contributed by atoms with Crippen LogP contribution in [0.15, 0.2) is 12.2 Å². The van der Waals surface area contributed by atoms with E-state index in [4.69, 9.17) is 5.84 Å². The van der Waals surface area contributed by atoms with Gasteiger partial charge >= 0.3 is 0 Å². The highest BCUT2D eigenvalue weighted by molar-refractivity contribution is 7.99. The summed E-state index contributed by atoms with van der Waals surface area (Å²) in [5.74, 6) is 7.88. The van der Waals surface area contributed by atoms with Crippen molar-refractivity contribution in [2.45, 2.75) is 19.0 Å². The van der Waals surface area contributed by atoms with Gasteiger partial charge in [0, 0.05) is 24.1 Å². The fourth-order valence-corrected chi connectivity index (χ4v) is 2.91. The fraction of sp³-hybridized carbons (Fsp3) is 0.778. The van der Waals surface area contributed by atoms with Gasteiger partial charge in [0.15, 0.2) is 0 Å². The van der Waals surface area contributed by atoms with Crippen molar-refractivity contribution in [2.24, 2.45) is 5.84 Å². The van der Waals surface area contributed by atoms with E-state index in [2.05, 4.69) is 24.0 Å². The van der Waals surface area contributed by atoms with Gasteiger partial charge in [-0.05, 0) is 14.0 Å². The van der Waals surface area contributed by atoms with Gasteiger partial charge in [-0.2, -0.15) is 11.8 Å². The maximum absolute atomic E-state index is 5.52. The zero-order chi connectivity index (χ0) is 9.84. The Labute approximate surface area is 84.7 Å². The molecule has 0 saturated carbocycles. The fourth-order valence-electron chi connectivity index (χ4n) is 1.64. The van der Waals surface area contributed by atoms with Gasteiger partial charge in [0.1, 0.15) is 0 Å². The quantitative estimate of drug-likeness (QED) is 0.395. The molecule has 0 aromatic rings. The Bertz CT molecular complexity index is 184. The van der Waals surface area contributed by atoms with Gasteiger partial charge in [-0.25, -0.2) is 0 Å². The van der Waals surface area contributed by atoms with Crippen molar-refractivity contribution in [1.82, 2.24) is 10.3 Å². The van der Waals surface area contributed by atoms with Crippen LogP contribution in [-0.2, 0) is 0 Å². The van der Waals surface area contributed by atoms with Crippen LogP contribution in [-0.4, -0.2) is 42.1 Å². The average Bonchev–Trinajstić information content (AvgIpc) is 2.09. The van der Waals surface area contributed by atoms with Crippen LogP contribution in [0.4, 0.5) is 0 Å². The molecule has 1 fully saturated rings. The third-order valence-corrected chi connectivity index (χ3v) is 3.59. The lowest BCUT2D eigenvalue weighted by molar-refractivity contribution is 0.231. The number of nitrogens with zero attached hydrogens (tertiary/aromatic N) is 1. The van der Waals surface area contributed by atoms with E-state index in [0.29, 0.717) is 6.04 Å². The topological polar surface area (TPSA) is 41.3 Å². The van der Waals surface area contributed by atoms with Crippen LogP contribution in [0, 0.1) is 0 Å². The summed E-state index contributed by atoms with van der Waals surface area (Å²) >= 11 is 1.99. The molecular weight excluding hydrogens is 182 g/mol. The summed E-state index contributed by atoms with van der Waals surface area (Å²) < 4.78 is 0. The van der Waals surface area contributed by atoms with E-state index in [-0.39, 0.29) is 6.04 Å². The Hall–Kier alpha value is -0.0300. The van der Waals surface area contributed by atoms with Crippen molar-refractivity contribution in [2.75, 3.05) is 25.1 Å². The highest BCUT2D eigenvalue weighted by atomic mass is 32.2. The molecule has 1 heterocycles. The first-order valence-corrected chi connectivity index (χ1v) is 5.71. The van der Waals surface area contributed by atoms with Crippen LogP contribution < -0.4 is 11.3 Å². The summed E-state index contributed by atoms with van der Waals surface area (Å²) in [5.41, 5.74) is 3.96. The van der Waals surface area contributed by atoms with Crippen LogP contribution in [0.5, 0.6) is 0 Å². The second-order valence-corrected chi connectivity index (χ2v) is 4.76. The van der Waals surface area contributed by atoms with Crippen molar-refractivity contribution in [3.05, 3.63) is 12.2 Å². The predicted octanol–water partition coefficient (Wildman–Crippen LogP) is 0.442. The highest BCUT2D eigenvalue weighted by Gasteiger charge is 2.27. The summed E-state index contributed by atoms with van der Waals surface area (Å²) in [6.45, 7) is 7.12. The molecule has 0 bridgehead atoms. The molecule has 2 unspecified atom stereocenters. The molecule has 0 aromatic heterocycles. The van der Waals surface area contributed by atoms with E-state index in [9.17, 15) is 0 Å².